The molecule has 0 bridgehead atoms. The van der Waals surface area contributed by atoms with Crippen LogP contribution in [0.15, 0.2) is 18.2 Å². The Morgan fingerprint density at radius 3 is 2.29 bits per heavy atom. The van der Waals surface area contributed by atoms with Gasteiger partial charge in [0.2, 0.25) is 5.75 Å². The molecule has 0 aromatic heterocycles. The van der Waals surface area contributed by atoms with Gasteiger partial charge in [0.15, 0.2) is 11.5 Å². The summed E-state index contributed by atoms with van der Waals surface area (Å²) < 4.78 is 4.76. The fourth-order valence-corrected chi connectivity index (χ4v) is 1.11. The average Bonchev–Trinajstić information content (AvgIpc) is 2.14. The Kier molecular flexibility index (Phi) is 3.36. The second-order valence-corrected chi connectivity index (χ2v) is 2.68. The lowest BCUT2D eigenvalue weighted by atomic mass is 10.1. The van der Waals surface area contributed by atoms with Crippen molar-refractivity contribution >= 4 is 6.08 Å². The van der Waals surface area contributed by atoms with E-state index in [1.807, 2.05) is 0 Å². The SMILES string of the molecule is COc1c(O)cc(C=CCO)cc1O. The summed E-state index contributed by atoms with van der Waals surface area (Å²) >= 11 is 0. The number of phenols is 2. The third-order valence-corrected chi connectivity index (χ3v) is 1.69. The van der Waals surface area contributed by atoms with Gasteiger partial charge in [-0.15, -0.1) is 0 Å². The van der Waals surface area contributed by atoms with Gasteiger partial charge < -0.3 is 20.1 Å². The van der Waals surface area contributed by atoms with Gasteiger partial charge in [0, 0.05) is 0 Å². The molecule has 0 aliphatic rings. The average molecular weight is 196 g/mol. The molecule has 1 rings (SSSR count). The number of methoxy groups -OCH3 is 1. The lowest BCUT2D eigenvalue weighted by molar-refractivity contribution is 0.343. The van der Waals surface area contributed by atoms with Crippen LogP contribution in [0.3, 0.4) is 0 Å². The predicted octanol–water partition coefficient (Wildman–Crippen LogP) is 1.11. The number of rotatable bonds is 3. The molecule has 0 atom stereocenters. The molecule has 0 heterocycles. The lowest BCUT2D eigenvalue weighted by Crippen LogP contribution is -1.85. The largest absolute Gasteiger partial charge is 0.504 e. The van der Waals surface area contributed by atoms with Gasteiger partial charge in [-0.25, -0.2) is 0 Å². The molecule has 0 radical (unpaired) electrons. The van der Waals surface area contributed by atoms with Crippen LogP contribution in [0.4, 0.5) is 0 Å². The molecule has 1 aromatic carbocycles. The molecular weight excluding hydrogens is 184 g/mol. The highest BCUT2D eigenvalue weighted by molar-refractivity contribution is 5.61. The minimum Gasteiger partial charge on any atom is -0.504 e. The van der Waals surface area contributed by atoms with Crippen LogP contribution in [-0.4, -0.2) is 29.0 Å². The fourth-order valence-electron chi connectivity index (χ4n) is 1.11. The van der Waals surface area contributed by atoms with Gasteiger partial charge >= 0.3 is 0 Å². The number of hydrogen-bond donors (Lipinski definition) is 3. The molecule has 0 unspecified atom stereocenters. The highest BCUT2D eigenvalue weighted by Gasteiger charge is 2.08. The maximum atomic E-state index is 9.39. The predicted molar refractivity (Wildman–Crippen MR) is 52.4 cm³/mol. The molecule has 0 aliphatic carbocycles. The first-order chi connectivity index (χ1) is 6.69. The number of benzene rings is 1. The van der Waals surface area contributed by atoms with Crippen molar-refractivity contribution < 1.29 is 20.1 Å². The summed E-state index contributed by atoms with van der Waals surface area (Å²) in [5, 5.41) is 27.3. The van der Waals surface area contributed by atoms with Gasteiger partial charge in [-0.1, -0.05) is 12.2 Å². The summed E-state index contributed by atoms with van der Waals surface area (Å²) in [6, 6.07) is 2.87. The zero-order valence-electron chi connectivity index (χ0n) is 7.77. The summed E-state index contributed by atoms with van der Waals surface area (Å²) in [5.74, 6) is -0.221. The number of aliphatic hydroxyl groups excluding tert-OH is 1. The number of ether oxygens (including phenoxy) is 1. The quantitative estimate of drug-likeness (QED) is 0.677. The van der Waals surface area contributed by atoms with Crippen LogP contribution in [0.1, 0.15) is 5.56 Å². The van der Waals surface area contributed by atoms with Gasteiger partial charge in [0.05, 0.1) is 13.7 Å². The van der Waals surface area contributed by atoms with E-state index in [1.54, 1.807) is 6.08 Å². The smallest absolute Gasteiger partial charge is 0.202 e. The number of hydrogen-bond acceptors (Lipinski definition) is 4. The molecule has 14 heavy (non-hydrogen) atoms. The normalized spacial score (nSPS) is 10.7. The fraction of sp³-hybridized carbons (Fsp3) is 0.200. The Bertz CT molecular complexity index is 321. The van der Waals surface area contributed by atoms with Gasteiger partial charge in [-0.2, -0.15) is 0 Å². The Balaban J connectivity index is 3.07. The molecule has 4 heteroatoms. The van der Waals surface area contributed by atoms with Gasteiger partial charge in [0.1, 0.15) is 0 Å². The van der Waals surface area contributed by atoms with Crippen LogP contribution in [-0.2, 0) is 0 Å². The molecule has 0 fully saturated rings. The van der Waals surface area contributed by atoms with Crippen molar-refractivity contribution in [3.63, 3.8) is 0 Å². The van der Waals surface area contributed by atoms with E-state index in [0.29, 0.717) is 5.56 Å². The zero-order valence-corrected chi connectivity index (χ0v) is 7.77. The summed E-state index contributed by atoms with van der Waals surface area (Å²) in [6.07, 6.45) is 3.08. The molecule has 0 aliphatic heterocycles. The maximum Gasteiger partial charge on any atom is 0.202 e. The van der Waals surface area contributed by atoms with E-state index >= 15 is 0 Å². The van der Waals surface area contributed by atoms with Crippen molar-refractivity contribution in [2.45, 2.75) is 0 Å². The third kappa shape index (κ3) is 2.17. The van der Waals surface area contributed by atoms with E-state index in [9.17, 15) is 10.2 Å². The Morgan fingerprint density at radius 2 is 1.86 bits per heavy atom. The molecule has 0 saturated carbocycles. The number of aromatic hydroxyl groups is 2. The molecule has 3 N–H and O–H groups in total. The summed E-state index contributed by atoms with van der Waals surface area (Å²) in [7, 11) is 1.36. The van der Waals surface area contributed by atoms with Gasteiger partial charge in [0.25, 0.3) is 0 Å². The van der Waals surface area contributed by atoms with Gasteiger partial charge in [-0.3, -0.25) is 0 Å². The molecule has 4 nitrogen and oxygen atoms in total. The zero-order chi connectivity index (χ0) is 10.6. The first-order valence-electron chi connectivity index (χ1n) is 4.06. The number of phenolic OH excluding ortho intramolecular Hbond substituents is 2. The van der Waals surface area contributed by atoms with E-state index in [4.69, 9.17) is 9.84 Å². The second-order valence-electron chi connectivity index (χ2n) is 2.68. The van der Waals surface area contributed by atoms with Crippen LogP contribution < -0.4 is 4.74 Å². The van der Waals surface area contributed by atoms with E-state index in [1.165, 1.54) is 25.3 Å². The molecule has 1 aromatic rings. The lowest BCUT2D eigenvalue weighted by Gasteiger charge is -2.06. The minimum absolute atomic E-state index is 0.0474. The van der Waals surface area contributed by atoms with E-state index in [2.05, 4.69) is 0 Å². The van der Waals surface area contributed by atoms with Crippen molar-refractivity contribution in [2.24, 2.45) is 0 Å². The van der Waals surface area contributed by atoms with Crippen LogP contribution in [0.5, 0.6) is 17.2 Å². The van der Waals surface area contributed by atoms with Crippen LogP contribution in [0.2, 0.25) is 0 Å². The third-order valence-electron chi connectivity index (χ3n) is 1.69. The standard InChI is InChI=1S/C10H12O4/c1-14-10-8(12)5-7(3-2-4-11)6-9(10)13/h2-3,5-6,11-13H,4H2,1H3. The summed E-state index contributed by atoms with van der Waals surface area (Å²) in [4.78, 5) is 0. The van der Waals surface area contributed by atoms with E-state index < -0.39 is 0 Å². The summed E-state index contributed by atoms with van der Waals surface area (Å²) in [5.41, 5.74) is 0.592. The van der Waals surface area contributed by atoms with Gasteiger partial charge in [-0.05, 0) is 17.7 Å². The van der Waals surface area contributed by atoms with Crippen molar-refractivity contribution in [1.82, 2.24) is 0 Å². The van der Waals surface area contributed by atoms with Crippen LogP contribution in [0, 0.1) is 0 Å². The van der Waals surface area contributed by atoms with E-state index in [-0.39, 0.29) is 23.9 Å². The highest BCUT2D eigenvalue weighted by atomic mass is 16.5. The monoisotopic (exact) mass is 196 g/mol. The molecule has 76 valence electrons. The van der Waals surface area contributed by atoms with Crippen LogP contribution >= 0.6 is 0 Å². The topological polar surface area (TPSA) is 69.9 Å². The Labute approximate surface area is 81.7 Å². The van der Waals surface area contributed by atoms with E-state index in [0.717, 1.165) is 0 Å². The molecule has 0 spiro atoms. The van der Waals surface area contributed by atoms with Crippen molar-refractivity contribution in [2.75, 3.05) is 13.7 Å². The highest BCUT2D eigenvalue weighted by Crippen LogP contribution is 2.36. The molecule has 0 amide bonds. The van der Waals surface area contributed by atoms with Crippen molar-refractivity contribution in [3.05, 3.63) is 23.8 Å². The first-order valence-corrected chi connectivity index (χ1v) is 4.06. The maximum absolute atomic E-state index is 9.39. The Morgan fingerprint density at radius 1 is 1.29 bits per heavy atom. The molecular formula is C10H12O4. The van der Waals surface area contributed by atoms with Crippen LogP contribution in [0.25, 0.3) is 6.08 Å². The number of aliphatic hydroxyl groups is 1. The second kappa shape index (κ2) is 4.53. The Hall–Kier alpha value is -1.68. The first kappa shape index (κ1) is 10.4. The molecule has 0 saturated heterocycles. The minimum atomic E-state index is -0.134. The summed E-state index contributed by atoms with van der Waals surface area (Å²) in [6.45, 7) is -0.0897. The van der Waals surface area contributed by atoms with Crippen molar-refractivity contribution in [1.29, 1.82) is 0 Å². The van der Waals surface area contributed by atoms with Crippen molar-refractivity contribution in [3.8, 4) is 17.2 Å².